The van der Waals surface area contributed by atoms with Gasteiger partial charge in [-0.25, -0.2) is 9.37 Å². The number of nitrogens with zero attached hydrogens (tertiary/aromatic N) is 4. The minimum atomic E-state index is -0.165. The smallest absolute Gasteiger partial charge is 0.146 e. The number of hydrogen-bond donors (Lipinski definition) is 1. The van der Waals surface area contributed by atoms with Gasteiger partial charge in [0.15, 0.2) is 0 Å². The summed E-state index contributed by atoms with van der Waals surface area (Å²) in [5.74, 6) is 0.338. The van der Waals surface area contributed by atoms with Crippen LogP contribution in [0.25, 0.3) is 22.0 Å². The van der Waals surface area contributed by atoms with Gasteiger partial charge in [0.25, 0.3) is 0 Å². The quantitative estimate of drug-likeness (QED) is 0.555. The molecule has 0 atom stereocenters. The molecular weight excluding hydrogens is 377 g/mol. The summed E-state index contributed by atoms with van der Waals surface area (Å²) in [7, 11) is 0. The first kappa shape index (κ1) is 18.4. The molecule has 0 radical (unpaired) electrons. The van der Waals surface area contributed by atoms with Gasteiger partial charge in [-0.15, -0.1) is 0 Å². The molecule has 1 aliphatic rings. The maximum atomic E-state index is 14.2. The fourth-order valence-electron chi connectivity index (χ4n) is 4.11. The third-order valence-electron chi connectivity index (χ3n) is 5.65. The average molecular weight is 399 g/mol. The second kappa shape index (κ2) is 7.63. The van der Waals surface area contributed by atoms with Gasteiger partial charge in [0.1, 0.15) is 11.6 Å². The van der Waals surface area contributed by atoms with E-state index in [2.05, 4.69) is 38.0 Å². The molecule has 0 saturated carbocycles. The van der Waals surface area contributed by atoms with E-state index in [0.717, 1.165) is 53.9 Å². The van der Waals surface area contributed by atoms with Crippen molar-refractivity contribution in [3.63, 3.8) is 0 Å². The third-order valence-corrected chi connectivity index (χ3v) is 5.65. The number of halogens is 1. The van der Waals surface area contributed by atoms with E-state index in [4.69, 9.17) is 5.73 Å². The first-order chi connectivity index (χ1) is 14.7. The molecule has 1 aliphatic heterocycles. The van der Waals surface area contributed by atoms with E-state index in [1.165, 1.54) is 6.07 Å². The van der Waals surface area contributed by atoms with Crippen LogP contribution in [0.2, 0.25) is 0 Å². The molecule has 2 aromatic heterocycles. The highest BCUT2D eigenvalue weighted by atomic mass is 19.1. The van der Waals surface area contributed by atoms with Crippen LogP contribution >= 0.6 is 0 Å². The number of hydrogen-bond acceptors (Lipinski definition) is 5. The van der Waals surface area contributed by atoms with E-state index >= 15 is 0 Å². The van der Waals surface area contributed by atoms with E-state index in [9.17, 15) is 4.39 Å². The molecule has 0 amide bonds. The Hall–Kier alpha value is -3.67. The molecule has 150 valence electrons. The number of fused-ring (bicyclic) bond motifs is 1. The zero-order valence-corrected chi connectivity index (χ0v) is 16.5. The van der Waals surface area contributed by atoms with Gasteiger partial charge in [-0.3, -0.25) is 4.98 Å². The lowest BCUT2D eigenvalue weighted by Crippen LogP contribution is -2.46. The van der Waals surface area contributed by atoms with Gasteiger partial charge in [-0.05, 0) is 53.6 Å². The SMILES string of the molecule is Nc1cc(-c2ccc3nccc(N4CCN(c5ccccc5F)CC4)c3c2)ccn1. The predicted molar refractivity (Wildman–Crippen MR) is 120 cm³/mol. The first-order valence-electron chi connectivity index (χ1n) is 10.0. The highest BCUT2D eigenvalue weighted by Crippen LogP contribution is 2.31. The summed E-state index contributed by atoms with van der Waals surface area (Å²) in [5.41, 5.74) is 10.8. The Morgan fingerprint density at radius 2 is 1.43 bits per heavy atom. The lowest BCUT2D eigenvalue weighted by Gasteiger charge is -2.37. The molecule has 30 heavy (non-hydrogen) atoms. The second-order valence-corrected chi connectivity index (χ2v) is 7.46. The minimum absolute atomic E-state index is 0.165. The van der Waals surface area contributed by atoms with Crippen molar-refractivity contribution in [3.8, 4) is 11.1 Å². The fraction of sp³-hybridized carbons (Fsp3) is 0.167. The molecule has 0 aliphatic carbocycles. The van der Waals surface area contributed by atoms with Crippen molar-refractivity contribution in [1.82, 2.24) is 9.97 Å². The average Bonchev–Trinajstić information content (AvgIpc) is 2.79. The lowest BCUT2D eigenvalue weighted by molar-refractivity contribution is 0.598. The molecule has 2 N–H and O–H groups in total. The van der Waals surface area contributed by atoms with Crippen molar-refractivity contribution in [3.05, 3.63) is 78.9 Å². The zero-order valence-electron chi connectivity index (χ0n) is 16.5. The summed E-state index contributed by atoms with van der Waals surface area (Å²) >= 11 is 0. The Labute approximate surface area is 174 Å². The van der Waals surface area contributed by atoms with Gasteiger partial charge in [0.05, 0.1) is 11.2 Å². The molecule has 2 aromatic carbocycles. The largest absolute Gasteiger partial charge is 0.384 e. The minimum Gasteiger partial charge on any atom is -0.384 e. The summed E-state index contributed by atoms with van der Waals surface area (Å²) in [6.07, 6.45) is 3.58. The van der Waals surface area contributed by atoms with E-state index in [0.29, 0.717) is 11.5 Å². The Bertz CT molecular complexity index is 1200. The number of pyridine rings is 2. The van der Waals surface area contributed by atoms with Gasteiger partial charge in [0.2, 0.25) is 0 Å². The highest BCUT2D eigenvalue weighted by Gasteiger charge is 2.21. The number of para-hydroxylation sites is 1. The van der Waals surface area contributed by atoms with Gasteiger partial charge in [0, 0.05) is 49.6 Å². The molecule has 0 spiro atoms. The van der Waals surface area contributed by atoms with Crippen molar-refractivity contribution in [2.75, 3.05) is 41.7 Å². The van der Waals surface area contributed by atoms with Gasteiger partial charge in [-0.2, -0.15) is 0 Å². The molecule has 1 fully saturated rings. The number of nitrogens with two attached hydrogens (primary N) is 1. The van der Waals surface area contributed by atoms with Gasteiger partial charge >= 0.3 is 0 Å². The molecule has 1 saturated heterocycles. The number of benzene rings is 2. The highest BCUT2D eigenvalue weighted by molar-refractivity contribution is 5.95. The fourth-order valence-corrected chi connectivity index (χ4v) is 4.11. The molecule has 5 nitrogen and oxygen atoms in total. The lowest BCUT2D eigenvalue weighted by atomic mass is 10.0. The number of piperazine rings is 1. The topological polar surface area (TPSA) is 58.3 Å². The van der Waals surface area contributed by atoms with Crippen LogP contribution in [0.3, 0.4) is 0 Å². The van der Waals surface area contributed by atoms with Crippen molar-refractivity contribution in [2.24, 2.45) is 0 Å². The van der Waals surface area contributed by atoms with E-state index in [1.54, 1.807) is 12.3 Å². The van der Waals surface area contributed by atoms with Crippen LogP contribution < -0.4 is 15.5 Å². The van der Waals surface area contributed by atoms with Crippen LogP contribution in [-0.2, 0) is 0 Å². The summed E-state index contributed by atoms with van der Waals surface area (Å²) in [4.78, 5) is 13.1. The Kier molecular flexibility index (Phi) is 4.67. The van der Waals surface area contributed by atoms with E-state index in [-0.39, 0.29) is 5.82 Å². The summed E-state index contributed by atoms with van der Waals surface area (Å²) < 4.78 is 14.2. The van der Waals surface area contributed by atoms with Crippen LogP contribution in [0.5, 0.6) is 0 Å². The first-order valence-corrected chi connectivity index (χ1v) is 10.0. The van der Waals surface area contributed by atoms with Crippen molar-refractivity contribution >= 4 is 28.1 Å². The summed E-state index contributed by atoms with van der Waals surface area (Å²) in [6, 6.07) is 19.1. The molecule has 4 aromatic rings. The molecule has 3 heterocycles. The second-order valence-electron chi connectivity index (χ2n) is 7.46. The number of rotatable bonds is 3. The van der Waals surface area contributed by atoms with Crippen molar-refractivity contribution in [1.29, 1.82) is 0 Å². The van der Waals surface area contributed by atoms with E-state index in [1.807, 2.05) is 36.5 Å². The predicted octanol–water partition coefficient (Wildman–Crippen LogP) is 4.34. The number of aromatic nitrogens is 2. The molecular formula is C24H22FN5. The van der Waals surface area contributed by atoms with Crippen molar-refractivity contribution in [2.45, 2.75) is 0 Å². The molecule has 0 bridgehead atoms. The molecule has 5 rings (SSSR count). The Morgan fingerprint density at radius 1 is 0.733 bits per heavy atom. The van der Waals surface area contributed by atoms with Crippen LogP contribution in [0.1, 0.15) is 0 Å². The molecule has 6 heteroatoms. The number of anilines is 3. The summed E-state index contributed by atoms with van der Waals surface area (Å²) in [5, 5.41) is 1.10. The van der Waals surface area contributed by atoms with E-state index < -0.39 is 0 Å². The van der Waals surface area contributed by atoms with Crippen LogP contribution in [0.4, 0.5) is 21.6 Å². The van der Waals surface area contributed by atoms with Gasteiger partial charge < -0.3 is 15.5 Å². The Morgan fingerprint density at radius 3 is 2.20 bits per heavy atom. The van der Waals surface area contributed by atoms with Crippen LogP contribution in [0.15, 0.2) is 73.1 Å². The zero-order chi connectivity index (χ0) is 20.5. The third kappa shape index (κ3) is 3.41. The van der Waals surface area contributed by atoms with Crippen LogP contribution in [-0.4, -0.2) is 36.1 Å². The van der Waals surface area contributed by atoms with Crippen molar-refractivity contribution < 1.29 is 4.39 Å². The maximum absolute atomic E-state index is 14.2. The van der Waals surface area contributed by atoms with Gasteiger partial charge in [-0.1, -0.05) is 18.2 Å². The Balaban J connectivity index is 1.45. The normalized spacial score (nSPS) is 14.3. The monoisotopic (exact) mass is 399 g/mol. The van der Waals surface area contributed by atoms with Crippen LogP contribution in [0, 0.1) is 5.82 Å². The summed E-state index contributed by atoms with van der Waals surface area (Å²) in [6.45, 7) is 3.18. The maximum Gasteiger partial charge on any atom is 0.146 e. The molecule has 0 unspecified atom stereocenters. The standard InChI is InChI=1S/C24H22FN5/c25-20-3-1-2-4-23(20)30-13-11-29(12-14-30)22-8-10-27-21-6-5-17(15-19(21)22)18-7-9-28-24(26)16-18/h1-10,15-16H,11-14H2,(H2,26,28). The number of nitrogen functional groups attached to an aromatic ring is 1.